The minimum Gasteiger partial charge on any atom is -0.268 e. The lowest BCUT2D eigenvalue weighted by Gasteiger charge is -2.03. The van der Waals surface area contributed by atoms with E-state index in [0.717, 1.165) is 12.8 Å². The van der Waals surface area contributed by atoms with E-state index in [1.165, 1.54) is 89.9 Å². The molecule has 0 bridgehead atoms. The second-order valence-corrected chi connectivity index (χ2v) is 7.09. The van der Waals surface area contributed by atoms with Crippen LogP contribution in [0.15, 0.2) is 0 Å². The molecule has 0 aromatic carbocycles. The number of hydrogen-bond acceptors (Lipinski definition) is 4. The molecule has 0 aromatic heterocycles. The Morgan fingerprint density at radius 3 is 1.32 bits per heavy atom. The van der Waals surface area contributed by atoms with Crippen LogP contribution in [0.2, 0.25) is 0 Å². The van der Waals surface area contributed by atoms with E-state index in [4.69, 9.17) is 0 Å². The summed E-state index contributed by atoms with van der Waals surface area (Å²) in [5.41, 5.74) is 0. The Morgan fingerprint density at radius 2 is 1.00 bits per heavy atom. The average Bonchev–Trinajstić information content (AvgIpc) is 2.57. The molecule has 0 radical (unpaired) electrons. The van der Waals surface area contributed by atoms with Crippen molar-refractivity contribution in [3.05, 3.63) is 10.1 Å². The molecule has 0 atom stereocenters. The smallest absolute Gasteiger partial charge is 0.268 e. The Morgan fingerprint density at radius 1 is 0.680 bits per heavy atom. The third-order valence-electron chi connectivity index (χ3n) is 4.66. The summed E-state index contributed by atoms with van der Waals surface area (Å²) in [5.74, 6) is -0.731. The lowest BCUT2D eigenvalue weighted by molar-refractivity contribution is -0.729. The molecule has 0 fully saturated rings. The molecule has 5 nitrogen and oxygen atoms in total. The summed E-state index contributed by atoms with van der Waals surface area (Å²) in [6, 6.07) is 0. The van der Waals surface area contributed by atoms with Crippen molar-refractivity contribution >= 4 is 5.97 Å². The molecule has 0 aliphatic heterocycles. The fraction of sp³-hybridized carbons (Fsp3) is 0.950. The third kappa shape index (κ3) is 20.8. The first-order chi connectivity index (χ1) is 12.2. The van der Waals surface area contributed by atoms with Gasteiger partial charge in [-0.05, 0) is 6.42 Å². The molecular weight excluding hydrogens is 318 g/mol. The highest BCUT2D eigenvalue weighted by molar-refractivity contribution is 5.68. The number of hydrogen-bond donors (Lipinski definition) is 0. The van der Waals surface area contributed by atoms with Crippen LogP contribution in [0.25, 0.3) is 0 Å². The van der Waals surface area contributed by atoms with Crippen LogP contribution in [-0.2, 0) is 9.63 Å². The van der Waals surface area contributed by atoms with Gasteiger partial charge in [0, 0.05) is 6.42 Å². The molecule has 0 unspecified atom stereocenters. The molecule has 0 aliphatic carbocycles. The van der Waals surface area contributed by atoms with E-state index in [1.54, 1.807) is 0 Å². The van der Waals surface area contributed by atoms with E-state index in [0.29, 0.717) is 6.42 Å². The first kappa shape index (κ1) is 23.9. The van der Waals surface area contributed by atoms with Crippen LogP contribution in [-0.4, -0.2) is 11.1 Å². The van der Waals surface area contributed by atoms with E-state index in [1.807, 2.05) is 0 Å². The predicted octanol–water partition coefficient (Wildman–Crippen LogP) is 6.76. The number of carbonyl (C=O) groups excluding carboxylic acids is 1. The molecule has 0 rings (SSSR count). The van der Waals surface area contributed by atoms with Gasteiger partial charge >= 0.3 is 11.1 Å². The van der Waals surface area contributed by atoms with Gasteiger partial charge in [-0.25, -0.2) is 4.84 Å². The average molecular weight is 358 g/mol. The van der Waals surface area contributed by atoms with Gasteiger partial charge in [0.2, 0.25) is 0 Å². The molecule has 0 spiro atoms. The van der Waals surface area contributed by atoms with Crippen LogP contribution in [0.4, 0.5) is 0 Å². The number of rotatable bonds is 19. The molecular formula is C20H39NO4. The van der Waals surface area contributed by atoms with Crippen molar-refractivity contribution < 1.29 is 14.7 Å². The topological polar surface area (TPSA) is 69.4 Å². The Hall–Kier alpha value is -1.13. The highest BCUT2D eigenvalue weighted by Crippen LogP contribution is 2.14. The molecule has 0 aliphatic rings. The standard InChI is InChI=1S/C20H39NO4/c1-2-3-4-5-6-7-8-9-10-11-12-13-14-15-16-17-18-19-20(22)25-21(23)24/h2-19H2,1H3. The lowest BCUT2D eigenvalue weighted by Crippen LogP contribution is -2.09. The zero-order chi connectivity index (χ0) is 18.6. The lowest BCUT2D eigenvalue weighted by atomic mass is 10.0. The van der Waals surface area contributed by atoms with Gasteiger partial charge in [0.1, 0.15) is 0 Å². The van der Waals surface area contributed by atoms with Gasteiger partial charge in [-0.15, -0.1) is 10.1 Å². The number of carbonyl (C=O) groups is 1. The van der Waals surface area contributed by atoms with Crippen LogP contribution in [0.5, 0.6) is 0 Å². The largest absolute Gasteiger partial charge is 0.303 e. The van der Waals surface area contributed by atoms with Crippen molar-refractivity contribution in [2.45, 2.75) is 122 Å². The minimum absolute atomic E-state index is 0.152. The van der Waals surface area contributed by atoms with Crippen LogP contribution < -0.4 is 0 Å². The summed E-state index contributed by atoms with van der Waals surface area (Å²) in [6.07, 6.45) is 21.9. The second-order valence-electron chi connectivity index (χ2n) is 7.09. The monoisotopic (exact) mass is 357 g/mol. The van der Waals surface area contributed by atoms with E-state index < -0.39 is 11.1 Å². The predicted molar refractivity (Wildman–Crippen MR) is 102 cm³/mol. The summed E-state index contributed by atoms with van der Waals surface area (Å²) in [4.78, 5) is 24.8. The highest BCUT2D eigenvalue weighted by atomic mass is 17.0. The molecule has 0 aromatic rings. The van der Waals surface area contributed by atoms with Gasteiger partial charge in [0.25, 0.3) is 0 Å². The van der Waals surface area contributed by atoms with Gasteiger partial charge in [-0.1, -0.05) is 110 Å². The summed E-state index contributed by atoms with van der Waals surface area (Å²) in [7, 11) is 0. The van der Waals surface area contributed by atoms with Gasteiger partial charge in [0.15, 0.2) is 0 Å². The van der Waals surface area contributed by atoms with Crippen LogP contribution in [0.3, 0.4) is 0 Å². The zero-order valence-corrected chi connectivity index (χ0v) is 16.3. The van der Waals surface area contributed by atoms with Gasteiger partial charge in [-0.3, -0.25) is 4.79 Å². The molecule has 0 heterocycles. The maximum atomic E-state index is 10.9. The van der Waals surface area contributed by atoms with Crippen molar-refractivity contribution in [1.29, 1.82) is 0 Å². The van der Waals surface area contributed by atoms with E-state index in [9.17, 15) is 14.9 Å². The van der Waals surface area contributed by atoms with Crippen molar-refractivity contribution in [2.75, 3.05) is 0 Å². The summed E-state index contributed by atoms with van der Waals surface area (Å²) in [5, 5.41) is 8.92. The third-order valence-corrected chi connectivity index (χ3v) is 4.66. The van der Waals surface area contributed by atoms with Gasteiger partial charge in [0.05, 0.1) is 0 Å². The normalized spacial score (nSPS) is 10.8. The van der Waals surface area contributed by atoms with Crippen molar-refractivity contribution in [3.8, 4) is 0 Å². The minimum atomic E-state index is -1.03. The van der Waals surface area contributed by atoms with Gasteiger partial charge in [-0.2, -0.15) is 0 Å². The van der Waals surface area contributed by atoms with E-state index in [2.05, 4.69) is 11.8 Å². The Balaban J connectivity index is 3.07. The summed E-state index contributed by atoms with van der Waals surface area (Å²) < 4.78 is 0. The van der Waals surface area contributed by atoms with Crippen LogP contribution >= 0.6 is 0 Å². The van der Waals surface area contributed by atoms with Crippen LogP contribution in [0, 0.1) is 10.1 Å². The first-order valence-electron chi connectivity index (χ1n) is 10.5. The number of nitrogens with zero attached hydrogens (tertiary/aromatic N) is 1. The molecule has 25 heavy (non-hydrogen) atoms. The fourth-order valence-corrected chi connectivity index (χ4v) is 3.12. The second kappa shape index (κ2) is 19.2. The van der Waals surface area contributed by atoms with Gasteiger partial charge < -0.3 is 0 Å². The Kier molecular flexibility index (Phi) is 18.3. The summed E-state index contributed by atoms with van der Waals surface area (Å²) in [6.45, 7) is 2.26. The Labute approximate surface area is 154 Å². The first-order valence-corrected chi connectivity index (χ1v) is 10.5. The highest BCUT2D eigenvalue weighted by Gasteiger charge is 2.06. The van der Waals surface area contributed by atoms with Crippen molar-refractivity contribution in [3.63, 3.8) is 0 Å². The maximum Gasteiger partial charge on any atom is 0.303 e. The van der Waals surface area contributed by atoms with Crippen molar-refractivity contribution in [1.82, 2.24) is 0 Å². The SMILES string of the molecule is CCCCCCCCCCCCCCCCCCCC(=O)O[N+](=O)[O-]. The maximum absolute atomic E-state index is 10.9. The molecule has 0 N–H and O–H groups in total. The fourth-order valence-electron chi connectivity index (χ4n) is 3.12. The van der Waals surface area contributed by atoms with Crippen molar-refractivity contribution in [2.24, 2.45) is 0 Å². The van der Waals surface area contributed by atoms with E-state index >= 15 is 0 Å². The molecule has 0 amide bonds. The van der Waals surface area contributed by atoms with E-state index in [-0.39, 0.29) is 6.42 Å². The quantitative estimate of drug-likeness (QED) is 0.145. The zero-order valence-electron chi connectivity index (χ0n) is 16.3. The Bertz CT molecular complexity index is 321. The molecule has 0 saturated heterocycles. The molecule has 5 heteroatoms. The number of unbranched alkanes of at least 4 members (excludes halogenated alkanes) is 16. The summed E-state index contributed by atoms with van der Waals surface area (Å²) >= 11 is 0. The molecule has 0 saturated carbocycles. The molecule has 148 valence electrons. The van der Waals surface area contributed by atoms with Crippen LogP contribution in [0.1, 0.15) is 122 Å².